The number of H-pyrrole nitrogens is 1. The van der Waals surface area contributed by atoms with Crippen molar-refractivity contribution in [2.24, 2.45) is 0 Å². The van der Waals surface area contributed by atoms with Crippen LogP contribution in [0.3, 0.4) is 0 Å². The Morgan fingerprint density at radius 1 is 0.826 bits per heavy atom. The van der Waals surface area contributed by atoms with E-state index in [-0.39, 0.29) is 0 Å². The van der Waals surface area contributed by atoms with E-state index >= 15 is 0 Å². The molecule has 4 rings (SSSR count). The first-order valence-corrected chi connectivity index (χ1v) is 7.25. The highest BCUT2D eigenvalue weighted by Crippen LogP contribution is 2.37. The van der Waals surface area contributed by atoms with E-state index < -0.39 is 0 Å². The number of rotatable bonds is 3. The van der Waals surface area contributed by atoms with Gasteiger partial charge in [-0.25, -0.2) is 0 Å². The zero-order valence-corrected chi connectivity index (χ0v) is 13.1. The number of nitrogens with zero attached hydrogens (tertiary/aromatic N) is 1. The number of fused-ring (bicyclic) bond motifs is 5. The van der Waals surface area contributed by atoms with Crippen LogP contribution < -0.4 is 14.2 Å². The third-order valence-corrected chi connectivity index (χ3v) is 4.15. The lowest BCUT2D eigenvalue weighted by Crippen LogP contribution is -1.91. The molecule has 0 aliphatic rings. The molecule has 0 fully saturated rings. The van der Waals surface area contributed by atoms with Crippen LogP contribution in [-0.2, 0) is 0 Å². The van der Waals surface area contributed by atoms with E-state index in [1.165, 1.54) is 0 Å². The van der Waals surface area contributed by atoms with Crippen LogP contribution in [0.5, 0.6) is 17.2 Å². The predicted octanol–water partition coefficient (Wildman–Crippen LogP) is 3.90. The van der Waals surface area contributed by atoms with Gasteiger partial charge < -0.3 is 19.2 Å². The lowest BCUT2D eigenvalue weighted by molar-refractivity contribution is 0.356. The van der Waals surface area contributed by atoms with E-state index in [0.29, 0.717) is 11.5 Å². The summed E-state index contributed by atoms with van der Waals surface area (Å²) in [5.41, 5.74) is 2.90. The number of hydrogen-bond acceptors (Lipinski definition) is 4. The van der Waals surface area contributed by atoms with Crippen LogP contribution in [-0.4, -0.2) is 31.3 Å². The molecule has 0 saturated carbocycles. The topological polar surface area (TPSA) is 56.4 Å². The minimum Gasteiger partial charge on any atom is -0.497 e. The molecule has 0 aliphatic carbocycles. The Bertz CT molecular complexity index is 1040. The summed E-state index contributed by atoms with van der Waals surface area (Å²) < 4.78 is 16.1. The molecule has 0 radical (unpaired) electrons. The van der Waals surface area contributed by atoms with Gasteiger partial charge in [-0.05, 0) is 18.2 Å². The first kappa shape index (κ1) is 13.7. The van der Waals surface area contributed by atoms with E-state index in [4.69, 9.17) is 14.2 Å². The summed E-state index contributed by atoms with van der Waals surface area (Å²) in [5, 5.41) is 3.18. The van der Waals surface area contributed by atoms with Crippen LogP contribution in [0, 0.1) is 0 Å². The zero-order valence-electron chi connectivity index (χ0n) is 13.1. The Morgan fingerprint density at radius 2 is 1.61 bits per heavy atom. The molecule has 5 heteroatoms. The maximum Gasteiger partial charge on any atom is 0.162 e. The second-order valence-corrected chi connectivity index (χ2v) is 5.31. The molecule has 2 aromatic heterocycles. The third kappa shape index (κ3) is 1.97. The maximum absolute atomic E-state index is 5.42. The van der Waals surface area contributed by atoms with E-state index in [9.17, 15) is 0 Å². The number of aromatic nitrogens is 2. The second kappa shape index (κ2) is 5.05. The Morgan fingerprint density at radius 3 is 2.35 bits per heavy atom. The highest BCUT2D eigenvalue weighted by molar-refractivity contribution is 6.16. The van der Waals surface area contributed by atoms with Crippen LogP contribution in [0.15, 0.2) is 36.5 Å². The first-order chi connectivity index (χ1) is 11.2. The molecule has 0 aliphatic heterocycles. The van der Waals surface area contributed by atoms with Gasteiger partial charge in [0.2, 0.25) is 0 Å². The van der Waals surface area contributed by atoms with Gasteiger partial charge in [-0.2, -0.15) is 0 Å². The van der Waals surface area contributed by atoms with E-state index in [2.05, 4.69) is 9.97 Å². The Balaban J connectivity index is 2.10. The molecule has 116 valence electrons. The fraction of sp³-hybridized carbons (Fsp3) is 0.167. The van der Waals surface area contributed by atoms with E-state index in [1.54, 1.807) is 21.3 Å². The molecule has 0 spiro atoms. The third-order valence-electron chi connectivity index (χ3n) is 4.15. The van der Waals surface area contributed by atoms with Crippen LogP contribution in [0.4, 0.5) is 0 Å². The number of benzene rings is 2. The molecule has 0 amide bonds. The summed E-state index contributed by atoms with van der Waals surface area (Å²) >= 11 is 0. The van der Waals surface area contributed by atoms with Crippen molar-refractivity contribution in [1.29, 1.82) is 0 Å². The van der Waals surface area contributed by atoms with Gasteiger partial charge in [0, 0.05) is 34.5 Å². The van der Waals surface area contributed by atoms with Crippen LogP contribution in [0.2, 0.25) is 0 Å². The smallest absolute Gasteiger partial charge is 0.162 e. The summed E-state index contributed by atoms with van der Waals surface area (Å²) in [5.74, 6) is 2.18. The molecule has 4 aromatic rings. The summed E-state index contributed by atoms with van der Waals surface area (Å²) in [4.78, 5) is 8.04. The van der Waals surface area contributed by atoms with Crippen molar-refractivity contribution in [3.63, 3.8) is 0 Å². The molecule has 2 heterocycles. The molecule has 0 saturated heterocycles. The van der Waals surface area contributed by atoms with Crippen molar-refractivity contribution in [3.05, 3.63) is 36.5 Å². The highest BCUT2D eigenvalue weighted by Gasteiger charge is 2.13. The van der Waals surface area contributed by atoms with Gasteiger partial charge in [0.05, 0.1) is 37.9 Å². The van der Waals surface area contributed by atoms with Crippen molar-refractivity contribution in [1.82, 2.24) is 9.97 Å². The Hall–Kier alpha value is -2.95. The van der Waals surface area contributed by atoms with Gasteiger partial charge in [0.15, 0.2) is 11.5 Å². The number of hydrogen-bond donors (Lipinski definition) is 1. The van der Waals surface area contributed by atoms with Gasteiger partial charge in [0.25, 0.3) is 0 Å². The highest BCUT2D eigenvalue weighted by atomic mass is 16.5. The second-order valence-electron chi connectivity index (χ2n) is 5.31. The number of aromatic amines is 1. The lowest BCUT2D eigenvalue weighted by atomic mass is 10.1. The zero-order chi connectivity index (χ0) is 16.0. The fourth-order valence-electron chi connectivity index (χ4n) is 2.98. The molecular formula is C18H16N2O3. The summed E-state index contributed by atoms with van der Waals surface area (Å²) in [7, 11) is 4.92. The van der Waals surface area contributed by atoms with Crippen LogP contribution in [0.1, 0.15) is 0 Å². The minimum atomic E-state index is 0.671. The monoisotopic (exact) mass is 308 g/mol. The largest absolute Gasteiger partial charge is 0.497 e. The van der Waals surface area contributed by atoms with Crippen molar-refractivity contribution < 1.29 is 14.2 Å². The molecule has 23 heavy (non-hydrogen) atoms. The van der Waals surface area contributed by atoms with Crippen molar-refractivity contribution >= 4 is 32.7 Å². The van der Waals surface area contributed by atoms with Gasteiger partial charge >= 0.3 is 0 Å². The standard InChI is InChI=1S/C18H16N2O3/c1-21-10-4-5-11-13-9-19-14-8-17(23-3)16(22-2)7-12(14)18(13)20-15(11)6-10/h4-9,20H,1-3H3. The van der Waals surface area contributed by atoms with E-state index in [1.807, 2.05) is 36.5 Å². The average Bonchev–Trinajstić information content (AvgIpc) is 2.98. The van der Waals surface area contributed by atoms with Crippen molar-refractivity contribution in [2.45, 2.75) is 0 Å². The molecule has 1 N–H and O–H groups in total. The van der Waals surface area contributed by atoms with Crippen molar-refractivity contribution in [3.8, 4) is 17.2 Å². The lowest BCUT2D eigenvalue weighted by Gasteiger charge is -2.09. The summed E-state index contributed by atoms with van der Waals surface area (Å²) in [6, 6.07) is 9.83. The molecule has 0 bridgehead atoms. The normalized spacial score (nSPS) is 11.3. The van der Waals surface area contributed by atoms with Crippen LogP contribution >= 0.6 is 0 Å². The summed E-state index contributed by atoms with van der Waals surface area (Å²) in [6.07, 6.45) is 1.88. The van der Waals surface area contributed by atoms with Gasteiger partial charge in [-0.15, -0.1) is 0 Å². The Labute approximate surface area is 132 Å². The molecule has 2 aromatic carbocycles. The van der Waals surface area contributed by atoms with Crippen LogP contribution in [0.25, 0.3) is 32.7 Å². The van der Waals surface area contributed by atoms with E-state index in [0.717, 1.165) is 38.5 Å². The molecule has 0 unspecified atom stereocenters. The molecule has 0 atom stereocenters. The van der Waals surface area contributed by atoms with Crippen molar-refractivity contribution in [2.75, 3.05) is 21.3 Å². The average molecular weight is 308 g/mol. The SMILES string of the molecule is COc1ccc2c(c1)[nH]c1c3cc(OC)c(OC)cc3ncc21. The number of nitrogens with one attached hydrogen (secondary N) is 1. The quantitative estimate of drug-likeness (QED) is 0.624. The minimum absolute atomic E-state index is 0.671. The predicted molar refractivity (Wildman–Crippen MR) is 90.8 cm³/mol. The first-order valence-electron chi connectivity index (χ1n) is 7.25. The summed E-state index contributed by atoms with van der Waals surface area (Å²) in [6.45, 7) is 0. The fourth-order valence-corrected chi connectivity index (χ4v) is 2.98. The number of pyridine rings is 1. The van der Waals surface area contributed by atoms with Gasteiger partial charge in [-0.3, -0.25) is 4.98 Å². The molecule has 5 nitrogen and oxygen atoms in total. The number of methoxy groups -OCH3 is 3. The number of ether oxygens (including phenoxy) is 3. The maximum atomic E-state index is 5.42. The van der Waals surface area contributed by atoms with Gasteiger partial charge in [-0.1, -0.05) is 0 Å². The Kier molecular flexibility index (Phi) is 3.01. The van der Waals surface area contributed by atoms with Gasteiger partial charge in [0.1, 0.15) is 5.75 Å². The molecular weight excluding hydrogens is 292 g/mol.